The molecule has 2 aliphatic rings. The number of rotatable bonds is 3. The molecule has 3 aromatic rings. The van der Waals surface area contributed by atoms with Gasteiger partial charge < -0.3 is 9.72 Å². The van der Waals surface area contributed by atoms with Crippen molar-refractivity contribution in [2.75, 3.05) is 13.2 Å². The average Bonchev–Trinajstić information content (AvgIpc) is 3.38. The molecule has 2 aliphatic heterocycles. The highest BCUT2D eigenvalue weighted by Crippen LogP contribution is 2.37. The van der Waals surface area contributed by atoms with Crippen LogP contribution in [0.4, 0.5) is 4.39 Å². The summed E-state index contributed by atoms with van der Waals surface area (Å²) in [5, 5.41) is 4.73. The summed E-state index contributed by atoms with van der Waals surface area (Å²) in [4.78, 5) is 7.02. The van der Waals surface area contributed by atoms with E-state index in [2.05, 4.69) is 15.1 Å². The fourth-order valence-corrected chi connectivity index (χ4v) is 5.69. The molecule has 10 heteroatoms. The third-order valence-electron chi connectivity index (χ3n) is 5.30. The largest absolute Gasteiger partial charge is 0.375 e. The summed E-state index contributed by atoms with van der Waals surface area (Å²) in [7, 11) is -2.03. The minimum Gasteiger partial charge on any atom is -0.375 e. The molecule has 0 saturated carbocycles. The first-order chi connectivity index (χ1) is 12.8. The van der Waals surface area contributed by atoms with Crippen molar-refractivity contribution < 1.29 is 17.5 Å². The highest BCUT2D eigenvalue weighted by molar-refractivity contribution is 7.89. The van der Waals surface area contributed by atoms with E-state index in [1.54, 1.807) is 25.0 Å². The summed E-state index contributed by atoms with van der Waals surface area (Å²) in [6.45, 7) is 2.49. The second-order valence-electron chi connectivity index (χ2n) is 7.13. The summed E-state index contributed by atoms with van der Waals surface area (Å²) in [5.74, 6) is -0.0773. The molecule has 2 aromatic heterocycles. The van der Waals surface area contributed by atoms with Crippen molar-refractivity contribution >= 4 is 20.9 Å². The van der Waals surface area contributed by atoms with Crippen LogP contribution in [0.3, 0.4) is 0 Å². The number of ether oxygens (including phenoxy) is 1. The SMILES string of the molecule is Cc1cc(F)c2[nH]c(S(=O)(=O)N3C[C@@H]4C[C@H]3CO4)cc2c1-c1ncn(C)n1. The topological polar surface area (TPSA) is 93.1 Å². The van der Waals surface area contributed by atoms with Crippen LogP contribution in [-0.2, 0) is 21.8 Å². The predicted octanol–water partition coefficient (Wildman–Crippen LogP) is 1.57. The van der Waals surface area contributed by atoms with Gasteiger partial charge in [0.2, 0.25) is 0 Å². The Morgan fingerprint density at radius 1 is 1.37 bits per heavy atom. The Morgan fingerprint density at radius 2 is 2.19 bits per heavy atom. The number of morpholine rings is 1. The Kier molecular flexibility index (Phi) is 3.49. The molecule has 0 radical (unpaired) electrons. The van der Waals surface area contributed by atoms with Crippen molar-refractivity contribution in [1.82, 2.24) is 24.1 Å². The van der Waals surface area contributed by atoms with E-state index in [9.17, 15) is 12.8 Å². The lowest BCUT2D eigenvalue weighted by Gasteiger charge is -2.25. The first-order valence-electron chi connectivity index (χ1n) is 8.66. The van der Waals surface area contributed by atoms with E-state index in [1.807, 2.05) is 0 Å². The van der Waals surface area contributed by atoms with Crippen LogP contribution in [0.15, 0.2) is 23.5 Å². The van der Waals surface area contributed by atoms with E-state index in [1.165, 1.54) is 16.4 Å². The maximum absolute atomic E-state index is 14.6. The first kappa shape index (κ1) is 16.8. The van der Waals surface area contributed by atoms with Crippen LogP contribution in [0, 0.1) is 12.7 Å². The number of fused-ring (bicyclic) bond motifs is 3. The maximum Gasteiger partial charge on any atom is 0.258 e. The van der Waals surface area contributed by atoms with E-state index in [4.69, 9.17) is 4.74 Å². The molecule has 1 aromatic carbocycles. The van der Waals surface area contributed by atoms with Gasteiger partial charge in [-0.3, -0.25) is 4.68 Å². The lowest BCUT2D eigenvalue weighted by molar-refractivity contribution is 0.0608. The first-order valence-corrected chi connectivity index (χ1v) is 10.1. The fourth-order valence-electron chi connectivity index (χ4n) is 4.04. The lowest BCUT2D eigenvalue weighted by atomic mass is 10.0. The number of halogens is 1. The van der Waals surface area contributed by atoms with E-state index < -0.39 is 15.8 Å². The summed E-state index contributed by atoms with van der Waals surface area (Å²) in [5.41, 5.74) is 1.40. The molecule has 0 spiro atoms. The van der Waals surface area contributed by atoms with Crippen LogP contribution in [0.25, 0.3) is 22.3 Å². The standard InChI is InChI=1S/C17H18FN5O3S/c1-9-3-13(18)16-12(15(9)17-19-8-22(2)21-17)5-14(20-16)27(24,25)23-6-11-4-10(23)7-26-11/h3,5,8,10-11,20H,4,6-7H2,1-2H3/t10-,11-/m0/s1. The Hall–Kier alpha value is -2.30. The van der Waals surface area contributed by atoms with Gasteiger partial charge in [0.05, 0.1) is 24.3 Å². The van der Waals surface area contributed by atoms with E-state index in [0.29, 0.717) is 41.9 Å². The van der Waals surface area contributed by atoms with Crippen LogP contribution in [0.2, 0.25) is 0 Å². The van der Waals surface area contributed by atoms with Crippen molar-refractivity contribution in [2.45, 2.75) is 30.5 Å². The van der Waals surface area contributed by atoms with Crippen molar-refractivity contribution in [3.63, 3.8) is 0 Å². The van der Waals surface area contributed by atoms with Crippen LogP contribution in [0.1, 0.15) is 12.0 Å². The van der Waals surface area contributed by atoms with Crippen molar-refractivity contribution in [1.29, 1.82) is 0 Å². The quantitative estimate of drug-likeness (QED) is 0.732. The number of aryl methyl sites for hydroxylation is 2. The number of hydrogen-bond acceptors (Lipinski definition) is 5. The van der Waals surface area contributed by atoms with Crippen molar-refractivity contribution in [3.8, 4) is 11.4 Å². The Balaban J connectivity index is 1.68. The van der Waals surface area contributed by atoms with Gasteiger partial charge in [-0.05, 0) is 31.0 Å². The zero-order valence-corrected chi connectivity index (χ0v) is 15.6. The highest BCUT2D eigenvalue weighted by Gasteiger charge is 2.46. The van der Waals surface area contributed by atoms with Gasteiger partial charge in [0.1, 0.15) is 17.2 Å². The lowest BCUT2D eigenvalue weighted by Crippen LogP contribution is -2.41. The summed E-state index contributed by atoms with van der Waals surface area (Å²) in [6, 6.07) is 2.70. The van der Waals surface area contributed by atoms with Gasteiger partial charge in [0.25, 0.3) is 10.0 Å². The number of benzene rings is 1. The van der Waals surface area contributed by atoms with Crippen LogP contribution < -0.4 is 0 Å². The van der Waals surface area contributed by atoms with Gasteiger partial charge in [-0.1, -0.05) is 0 Å². The number of aromatic nitrogens is 4. The van der Waals surface area contributed by atoms with E-state index >= 15 is 0 Å². The molecule has 2 saturated heterocycles. The number of H-pyrrole nitrogens is 1. The molecule has 2 atom stereocenters. The number of sulfonamides is 1. The molecular formula is C17H18FN5O3S. The normalized spacial score (nSPS) is 22.9. The van der Waals surface area contributed by atoms with Crippen molar-refractivity contribution in [2.24, 2.45) is 7.05 Å². The molecule has 142 valence electrons. The fraction of sp³-hybridized carbons (Fsp3) is 0.412. The third-order valence-corrected chi connectivity index (χ3v) is 7.14. The highest BCUT2D eigenvalue weighted by atomic mass is 32.2. The molecule has 4 heterocycles. The Labute approximate surface area is 155 Å². The maximum atomic E-state index is 14.6. The second-order valence-corrected chi connectivity index (χ2v) is 8.99. The van der Waals surface area contributed by atoms with Gasteiger partial charge in [0.15, 0.2) is 5.82 Å². The minimum absolute atomic E-state index is 0.0215. The summed E-state index contributed by atoms with van der Waals surface area (Å²) >= 11 is 0. The summed E-state index contributed by atoms with van der Waals surface area (Å²) < 4.78 is 49.3. The summed E-state index contributed by atoms with van der Waals surface area (Å²) in [6.07, 6.45) is 2.20. The smallest absolute Gasteiger partial charge is 0.258 e. The zero-order chi connectivity index (χ0) is 18.9. The van der Waals surface area contributed by atoms with Crippen LogP contribution >= 0.6 is 0 Å². The number of nitrogens with one attached hydrogen (secondary N) is 1. The van der Waals surface area contributed by atoms with E-state index in [-0.39, 0.29) is 22.7 Å². The molecular weight excluding hydrogens is 373 g/mol. The Bertz CT molecular complexity index is 1170. The minimum atomic E-state index is -3.77. The van der Waals surface area contributed by atoms with Crippen molar-refractivity contribution in [3.05, 3.63) is 29.8 Å². The molecule has 8 nitrogen and oxygen atoms in total. The molecule has 5 rings (SSSR count). The average molecular weight is 391 g/mol. The monoisotopic (exact) mass is 391 g/mol. The predicted molar refractivity (Wildman–Crippen MR) is 95.0 cm³/mol. The molecule has 0 aliphatic carbocycles. The van der Waals surface area contributed by atoms with E-state index in [0.717, 1.165) is 0 Å². The molecule has 2 fully saturated rings. The van der Waals surface area contributed by atoms with Gasteiger partial charge in [-0.25, -0.2) is 17.8 Å². The number of hydrogen-bond donors (Lipinski definition) is 1. The third kappa shape index (κ3) is 2.43. The second kappa shape index (κ2) is 5.60. The zero-order valence-electron chi connectivity index (χ0n) is 14.8. The molecule has 27 heavy (non-hydrogen) atoms. The van der Waals surface area contributed by atoms with Crippen LogP contribution in [-0.4, -0.2) is 57.8 Å². The molecule has 0 amide bonds. The Morgan fingerprint density at radius 3 is 2.81 bits per heavy atom. The van der Waals surface area contributed by atoms with Gasteiger partial charge in [0, 0.05) is 24.5 Å². The van der Waals surface area contributed by atoms with Gasteiger partial charge in [-0.2, -0.15) is 9.40 Å². The molecule has 2 bridgehead atoms. The van der Waals surface area contributed by atoms with Gasteiger partial charge in [-0.15, -0.1) is 0 Å². The molecule has 0 unspecified atom stereocenters. The van der Waals surface area contributed by atoms with Crippen LogP contribution in [0.5, 0.6) is 0 Å². The number of aromatic amines is 1. The van der Waals surface area contributed by atoms with Gasteiger partial charge >= 0.3 is 0 Å². The number of nitrogens with zero attached hydrogens (tertiary/aromatic N) is 4. The molecule has 1 N–H and O–H groups in total.